The van der Waals surface area contributed by atoms with Crippen LogP contribution in [-0.4, -0.2) is 15.9 Å². The van der Waals surface area contributed by atoms with E-state index in [1.165, 1.54) is 6.92 Å². The zero-order valence-electron chi connectivity index (χ0n) is 13.2. The molecule has 0 aliphatic rings. The van der Waals surface area contributed by atoms with Gasteiger partial charge in [-0.2, -0.15) is 13.2 Å². The van der Waals surface area contributed by atoms with Gasteiger partial charge in [0.25, 0.3) is 5.91 Å². The molecule has 0 fully saturated rings. The Morgan fingerprint density at radius 2 is 1.70 bits per heavy atom. The number of aryl methyl sites for hydroxylation is 4. The van der Waals surface area contributed by atoms with E-state index < -0.39 is 17.8 Å². The smallest absolute Gasteiger partial charge is 0.320 e. The van der Waals surface area contributed by atoms with Crippen LogP contribution in [0.25, 0.3) is 0 Å². The average molecular weight is 323 g/mol. The normalized spacial score (nSPS) is 11.4. The Hall–Kier alpha value is -2.44. The summed E-state index contributed by atoms with van der Waals surface area (Å²) in [4.78, 5) is 20.1. The molecule has 0 aromatic carbocycles. The molecule has 0 aliphatic heterocycles. The molecule has 0 unspecified atom stereocenters. The number of nitrogens with one attached hydrogen (secondary N) is 1. The number of amides is 1. The molecule has 1 N–H and O–H groups in total. The van der Waals surface area contributed by atoms with Gasteiger partial charge in [0.2, 0.25) is 0 Å². The topological polar surface area (TPSA) is 54.9 Å². The van der Waals surface area contributed by atoms with E-state index >= 15 is 0 Å². The fourth-order valence-electron chi connectivity index (χ4n) is 2.35. The number of aromatic nitrogens is 2. The van der Waals surface area contributed by atoms with Gasteiger partial charge in [-0.25, -0.2) is 4.98 Å². The van der Waals surface area contributed by atoms with Gasteiger partial charge >= 0.3 is 6.18 Å². The molecule has 0 aliphatic carbocycles. The lowest BCUT2D eigenvalue weighted by molar-refractivity contribution is -0.141. The lowest BCUT2D eigenvalue weighted by Crippen LogP contribution is -2.18. The van der Waals surface area contributed by atoms with Gasteiger partial charge < -0.3 is 5.32 Å². The molecule has 0 saturated carbocycles. The maximum atomic E-state index is 12.6. The summed E-state index contributed by atoms with van der Waals surface area (Å²) in [5.41, 5.74) is 1.96. The summed E-state index contributed by atoms with van der Waals surface area (Å²) in [6, 6.07) is 3.75. The minimum absolute atomic E-state index is 0.0210. The van der Waals surface area contributed by atoms with Gasteiger partial charge in [0.05, 0.1) is 22.6 Å². The first kappa shape index (κ1) is 16.9. The molecule has 2 rings (SSSR count). The molecule has 2 aromatic heterocycles. The summed E-state index contributed by atoms with van der Waals surface area (Å²) < 4.78 is 37.9. The molecule has 2 aromatic rings. The lowest BCUT2D eigenvalue weighted by atomic mass is 10.1. The van der Waals surface area contributed by atoms with Crippen LogP contribution in [0.2, 0.25) is 0 Å². The standard InChI is InChI=1S/C16H16F3N3O/c1-8-7-9(2)20-11(4)14(8)22-15(23)12-5-6-13(16(17,18)19)21-10(12)3/h5-7H,1-4H3,(H,22,23). The SMILES string of the molecule is Cc1cc(C)c(NC(=O)c2ccc(C(F)(F)F)nc2C)c(C)n1. The van der Waals surface area contributed by atoms with Crippen molar-refractivity contribution in [3.8, 4) is 0 Å². The number of hydrogen-bond acceptors (Lipinski definition) is 3. The van der Waals surface area contributed by atoms with E-state index in [9.17, 15) is 18.0 Å². The van der Waals surface area contributed by atoms with Crippen molar-refractivity contribution in [1.82, 2.24) is 9.97 Å². The third-order valence-corrected chi connectivity index (χ3v) is 3.39. The number of pyridine rings is 2. The molecule has 0 radical (unpaired) electrons. The highest BCUT2D eigenvalue weighted by Gasteiger charge is 2.33. The van der Waals surface area contributed by atoms with Crippen molar-refractivity contribution in [2.24, 2.45) is 0 Å². The van der Waals surface area contributed by atoms with Gasteiger partial charge in [0.15, 0.2) is 0 Å². The Morgan fingerprint density at radius 1 is 1.04 bits per heavy atom. The Labute approximate surface area is 131 Å². The first-order valence-corrected chi connectivity index (χ1v) is 6.90. The number of alkyl halides is 3. The first-order valence-electron chi connectivity index (χ1n) is 6.90. The zero-order chi connectivity index (χ0) is 17.4. The molecule has 0 bridgehead atoms. The lowest BCUT2D eigenvalue weighted by Gasteiger charge is -2.14. The molecule has 1 amide bonds. The highest BCUT2D eigenvalue weighted by Crippen LogP contribution is 2.28. The van der Waals surface area contributed by atoms with Crippen LogP contribution in [0.15, 0.2) is 18.2 Å². The van der Waals surface area contributed by atoms with Crippen molar-refractivity contribution in [3.05, 3.63) is 52.1 Å². The summed E-state index contributed by atoms with van der Waals surface area (Å²) in [5.74, 6) is -0.513. The van der Waals surface area contributed by atoms with Crippen molar-refractivity contribution in [2.45, 2.75) is 33.9 Å². The Balaban J connectivity index is 2.32. The summed E-state index contributed by atoms with van der Waals surface area (Å²) in [7, 11) is 0. The van der Waals surface area contributed by atoms with Crippen molar-refractivity contribution in [2.75, 3.05) is 5.32 Å². The number of nitrogens with zero attached hydrogens (tertiary/aromatic N) is 2. The van der Waals surface area contributed by atoms with Crippen LogP contribution in [0.3, 0.4) is 0 Å². The van der Waals surface area contributed by atoms with E-state index in [4.69, 9.17) is 0 Å². The van der Waals surface area contributed by atoms with E-state index in [1.54, 1.807) is 6.92 Å². The fourth-order valence-corrected chi connectivity index (χ4v) is 2.35. The van der Waals surface area contributed by atoms with Crippen LogP contribution in [0.1, 0.15) is 38.7 Å². The van der Waals surface area contributed by atoms with E-state index in [1.807, 2.05) is 19.9 Å². The van der Waals surface area contributed by atoms with Gasteiger partial charge in [-0.15, -0.1) is 0 Å². The fraction of sp³-hybridized carbons (Fsp3) is 0.312. The number of rotatable bonds is 2. The molecule has 2 heterocycles. The maximum Gasteiger partial charge on any atom is 0.433 e. The van der Waals surface area contributed by atoms with E-state index in [-0.39, 0.29) is 11.3 Å². The predicted molar refractivity (Wildman–Crippen MR) is 80.4 cm³/mol. The Kier molecular flexibility index (Phi) is 4.40. The molecule has 4 nitrogen and oxygen atoms in total. The van der Waals surface area contributed by atoms with Gasteiger partial charge in [-0.05, 0) is 51.5 Å². The predicted octanol–water partition coefficient (Wildman–Crippen LogP) is 3.98. The van der Waals surface area contributed by atoms with Crippen LogP contribution < -0.4 is 5.32 Å². The molecule has 23 heavy (non-hydrogen) atoms. The molecule has 122 valence electrons. The van der Waals surface area contributed by atoms with Crippen LogP contribution >= 0.6 is 0 Å². The maximum absolute atomic E-state index is 12.6. The summed E-state index contributed by atoms with van der Waals surface area (Å²) in [6.45, 7) is 6.80. The monoisotopic (exact) mass is 323 g/mol. The summed E-state index contributed by atoms with van der Waals surface area (Å²) in [6.07, 6.45) is -4.53. The zero-order valence-corrected chi connectivity index (χ0v) is 13.2. The van der Waals surface area contributed by atoms with Crippen molar-refractivity contribution < 1.29 is 18.0 Å². The second-order valence-corrected chi connectivity index (χ2v) is 5.32. The number of halogens is 3. The van der Waals surface area contributed by atoms with Crippen molar-refractivity contribution in [3.63, 3.8) is 0 Å². The van der Waals surface area contributed by atoms with E-state index in [0.717, 1.165) is 23.4 Å². The molecule has 0 saturated heterocycles. The molecule has 0 spiro atoms. The van der Waals surface area contributed by atoms with Gasteiger partial charge in [-0.3, -0.25) is 9.78 Å². The highest BCUT2D eigenvalue weighted by atomic mass is 19.4. The minimum Gasteiger partial charge on any atom is -0.320 e. The minimum atomic E-state index is -4.53. The van der Waals surface area contributed by atoms with Crippen LogP contribution in [-0.2, 0) is 6.18 Å². The summed E-state index contributed by atoms with van der Waals surface area (Å²) >= 11 is 0. The number of carbonyl (C=O) groups excluding carboxylic acids is 1. The summed E-state index contributed by atoms with van der Waals surface area (Å²) in [5, 5.41) is 2.70. The average Bonchev–Trinajstić information content (AvgIpc) is 2.41. The first-order chi connectivity index (χ1) is 10.6. The molecule has 0 atom stereocenters. The van der Waals surface area contributed by atoms with Crippen molar-refractivity contribution in [1.29, 1.82) is 0 Å². The van der Waals surface area contributed by atoms with Crippen LogP contribution in [0.4, 0.5) is 18.9 Å². The Morgan fingerprint density at radius 3 is 2.22 bits per heavy atom. The number of hydrogen-bond donors (Lipinski definition) is 1. The van der Waals surface area contributed by atoms with Gasteiger partial charge in [0.1, 0.15) is 5.69 Å². The third kappa shape index (κ3) is 3.67. The molecular weight excluding hydrogens is 307 g/mol. The van der Waals surface area contributed by atoms with Gasteiger partial charge in [-0.1, -0.05) is 0 Å². The highest BCUT2D eigenvalue weighted by molar-refractivity contribution is 6.05. The number of anilines is 1. The largest absolute Gasteiger partial charge is 0.433 e. The third-order valence-electron chi connectivity index (χ3n) is 3.39. The number of carbonyl (C=O) groups is 1. The second-order valence-electron chi connectivity index (χ2n) is 5.32. The van der Waals surface area contributed by atoms with Crippen molar-refractivity contribution >= 4 is 11.6 Å². The Bertz CT molecular complexity index is 747. The molecule has 7 heteroatoms. The van der Waals surface area contributed by atoms with Gasteiger partial charge in [0, 0.05) is 5.69 Å². The molecular formula is C16H16F3N3O. The van der Waals surface area contributed by atoms with E-state index in [2.05, 4.69) is 15.3 Å². The van der Waals surface area contributed by atoms with Crippen LogP contribution in [0.5, 0.6) is 0 Å². The van der Waals surface area contributed by atoms with E-state index in [0.29, 0.717) is 11.4 Å². The van der Waals surface area contributed by atoms with Crippen LogP contribution in [0, 0.1) is 27.7 Å². The second kappa shape index (κ2) is 5.98. The quantitative estimate of drug-likeness (QED) is 0.909.